The minimum atomic E-state index is -0.344. The molecule has 0 aliphatic rings. The molecule has 3 heterocycles. The highest BCUT2D eigenvalue weighted by atomic mass is 19.1. The van der Waals surface area contributed by atoms with Crippen molar-refractivity contribution in [3.8, 4) is 0 Å². The number of nitrogens with zero attached hydrogens (tertiary/aromatic N) is 4. The van der Waals surface area contributed by atoms with Crippen molar-refractivity contribution in [2.45, 2.75) is 33.3 Å². The number of hydrogen-bond acceptors (Lipinski definition) is 5. The quantitative estimate of drug-likeness (QED) is 0.374. The second kappa shape index (κ2) is 8.00. The minimum absolute atomic E-state index is 0.0480. The van der Waals surface area contributed by atoms with Gasteiger partial charge in [0.25, 0.3) is 0 Å². The summed E-state index contributed by atoms with van der Waals surface area (Å²) in [4.78, 5) is 21.4. The summed E-state index contributed by atoms with van der Waals surface area (Å²) in [6.45, 7) is 3.99. The molecule has 6 nitrogen and oxygen atoms in total. The molecular weight excluding hydrogens is 407 g/mol. The smallest absolute Gasteiger partial charge is 0.306 e. The number of aryl methyl sites for hydroxylation is 2. The third kappa shape index (κ3) is 3.45. The number of fused-ring (bicyclic) bond motifs is 4. The van der Waals surface area contributed by atoms with Crippen LogP contribution in [0.1, 0.15) is 28.9 Å². The van der Waals surface area contributed by atoms with Crippen LogP contribution in [0.5, 0.6) is 0 Å². The predicted octanol–water partition coefficient (Wildman–Crippen LogP) is 4.86. The molecule has 0 saturated carbocycles. The molecule has 2 aromatic carbocycles. The number of carbonyl (C=O) groups excluding carboxylic acids is 1. The molecule has 32 heavy (non-hydrogen) atoms. The fourth-order valence-corrected chi connectivity index (χ4v) is 4.11. The van der Waals surface area contributed by atoms with Crippen LogP contribution in [0, 0.1) is 19.7 Å². The summed E-state index contributed by atoms with van der Waals surface area (Å²) >= 11 is 0. The van der Waals surface area contributed by atoms with Gasteiger partial charge >= 0.3 is 5.97 Å². The number of rotatable bonds is 5. The number of hydrogen-bond donors (Lipinski definition) is 0. The minimum Gasteiger partial charge on any atom is -0.461 e. The SMILES string of the molecule is Cc1nc2c3ccccc3nn2c(C)c1CCC(=O)OCc1ccc(F)c2cccnc12. The normalized spacial score (nSPS) is 11.5. The van der Waals surface area contributed by atoms with E-state index >= 15 is 0 Å². The monoisotopic (exact) mass is 428 g/mol. The largest absolute Gasteiger partial charge is 0.461 e. The van der Waals surface area contributed by atoms with Crippen LogP contribution in [0.4, 0.5) is 4.39 Å². The van der Waals surface area contributed by atoms with E-state index in [-0.39, 0.29) is 24.8 Å². The Kier molecular flexibility index (Phi) is 5.01. The number of aromatic nitrogens is 4. The van der Waals surface area contributed by atoms with Gasteiger partial charge in [-0.05, 0) is 56.2 Å². The Hall–Kier alpha value is -3.87. The molecule has 0 N–H and O–H groups in total. The van der Waals surface area contributed by atoms with E-state index in [2.05, 4.69) is 10.1 Å². The van der Waals surface area contributed by atoms with E-state index in [1.165, 1.54) is 6.07 Å². The highest BCUT2D eigenvalue weighted by molar-refractivity contribution is 5.92. The molecule has 0 spiro atoms. The maximum atomic E-state index is 14.0. The average Bonchev–Trinajstić information content (AvgIpc) is 3.17. The van der Waals surface area contributed by atoms with Gasteiger partial charge in [0.05, 0.1) is 11.0 Å². The Labute approximate surface area is 183 Å². The van der Waals surface area contributed by atoms with E-state index in [0.29, 0.717) is 22.9 Å². The van der Waals surface area contributed by atoms with Gasteiger partial charge in [0, 0.05) is 40.3 Å². The van der Waals surface area contributed by atoms with E-state index in [1.54, 1.807) is 24.4 Å². The predicted molar refractivity (Wildman–Crippen MR) is 120 cm³/mol. The highest BCUT2D eigenvalue weighted by Crippen LogP contribution is 2.24. The summed E-state index contributed by atoms with van der Waals surface area (Å²) in [6, 6.07) is 14.2. The average molecular weight is 428 g/mol. The van der Waals surface area contributed by atoms with Crippen molar-refractivity contribution in [2.24, 2.45) is 0 Å². The maximum absolute atomic E-state index is 14.0. The van der Waals surface area contributed by atoms with Crippen molar-refractivity contribution in [1.29, 1.82) is 0 Å². The van der Waals surface area contributed by atoms with Crippen LogP contribution in [-0.4, -0.2) is 25.6 Å². The Morgan fingerprint density at radius 3 is 2.75 bits per heavy atom. The van der Waals surface area contributed by atoms with E-state index in [0.717, 1.165) is 33.5 Å². The Morgan fingerprint density at radius 1 is 1.06 bits per heavy atom. The first-order valence-corrected chi connectivity index (χ1v) is 10.4. The van der Waals surface area contributed by atoms with E-state index in [1.807, 2.05) is 42.6 Å². The fourth-order valence-electron chi connectivity index (χ4n) is 4.11. The van der Waals surface area contributed by atoms with E-state index < -0.39 is 0 Å². The van der Waals surface area contributed by atoms with Gasteiger partial charge in [-0.15, -0.1) is 0 Å². The van der Waals surface area contributed by atoms with Crippen LogP contribution in [-0.2, 0) is 22.6 Å². The van der Waals surface area contributed by atoms with Gasteiger partial charge in [0.15, 0.2) is 5.65 Å². The van der Waals surface area contributed by atoms with Gasteiger partial charge in [-0.1, -0.05) is 18.2 Å². The number of benzene rings is 2. The molecule has 3 aromatic heterocycles. The van der Waals surface area contributed by atoms with Gasteiger partial charge < -0.3 is 4.74 Å². The number of pyridine rings is 1. The molecule has 160 valence electrons. The van der Waals surface area contributed by atoms with Crippen molar-refractivity contribution in [1.82, 2.24) is 19.6 Å². The molecular formula is C25H21FN4O2. The lowest BCUT2D eigenvalue weighted by Gasteiger charge is -2.11. The van der Waals surface area contributed by atoms with Crippen molar-refractivity contribution >= 4 is 33.4 Å². The van der Waals surface area contributed by atoms with Crippen LogP contribution >= 0.6 is 0 Å². The number of halogens is 1. The van der Waals surface area contributed by atoms with E-state index in [4.69, 9.17) is 9.72 Å². The zero-order valence-corrected chi connectivity index (χ0v) is 17.8. The summed E-state index contributed by atoms with van der Waals surface area (Å²) in [5.74, 6) is -0.675. The van der Waals surface area contributed by atoms with Gasteiger partial charge in [0.1, 0.15) is 12.4 Å². The molecule has 0 atom stereocenters. The number of ether oxygens (including phenoxy) is 1. The van der Waals surface area contributed by atoms with Gasteiger partial charge in [0.2, 0.25) is 0 Å². The summed E-state index contributed by atoms with van der Waals surface area (Å²) in [5, 5.41) is 6.08. The standard InChI is InChI=1S/C25H21FN4O2/c1-15-18(16(2)30-25(28-15)20-6-3-4-8-22(20)29-30)10-12-23(31)32-14-17-9-11-21(26)19-7-5-13-27-24(17)19/h3-9,11,13H,10,12,14H2,1-2H3. The lowest BCUT2D eigenvalue weighted by molar-refractivity contribution is -0.144. The van der Waals surface area contributed by atoms with Gasteiger partial charge in [-0.2, -0.15) is 5.10 Å². The molecule has 0 unspecified atom stereocenters. The second-order valence-electron chi connectivity index (χ2n) is 7.78. The van der Waals surface area contributed by atoms with Crippen molar-refractivity contribution < 1.29 is 13.9 Å². The van der Waals surface area contributed by atoms with Crippen LogP contribution in [0.3, 0.4) is 0 Å². The molecule has 0 bridgehead atoms. The first kappa shape index (κ1) is 20.1. The topological polar surface area (TPSA) is 69.4 Å². The van der Waals surface area contributed by atoms with Crippen LogP contribution < -0.4 is 0 Å². The summed E-state index contributed by atoms with van der Waals surface area (Å²) in [5.41, 5.74) is 5.71. The molecule has 7 heteroatoms. The van der Waals surface area contributed by atoms with Crippen molar-refractivity contribution in [2.75, 3.05) is 0 Å². The van der Waals surface area contributed by atoms with Crippen molar-refractivity contribution in [3.05, 3.63) is 83.1 Å². The number of esters is 1. The first-order valence-electron chi connectivity index (χ1n) is 10.4. The molecule has 0 amide bonds. The number of carbonyl (C=O) groups is 1. The molecule has 0 fully saturated rings. The molecule has 5 aromatic rings. The van der Waals surface area contributed by atoms with Crippen LogP contribution in [0.15, 0.2) is 54.7 Å². The molecule has 0 aliphatic heterocycles. The molecule has 0 saturated heterocycles. The highest BCUT2D eigenvalue weighted by Gasteiger charge is 2.16. The molecule has 0 aliphatic carbocycles. The van der Waals surface area contributed by atoms with Crippen molar-refractivity contribution in [3.63, 3.8) is 0 Å². The Balaban J connectivity index is 1.32. The van der Waals surface area contributed by atoms with E-state index in [9.17, 15) is 9.18 Å². The summed E-state index contributed by atoms with van der Waals surface area (Å²) < 4.78 is 21.3. The zero-order chi connectivity index (χ0) is 22.2. The summed E-state index contributed by atoms with van der Waals surface area (Å²) in [7, 11) is 0. The first-order chi connectivity index (χ1) is 15.5. The van der Waals surface area contributed by atoms with Crippen LogP contribution in [0.25, 0.3) is 27.5 Å². The lowest BCUT2D eigenvalue weighted by atomic mass is 10.1. The Morgan fingerprint density at radius 2 is 1.88 bits per heavy atom. The third-order valence-electron chi connectivity index (χ3n) is 5.79. The van der Waals surface area contributed by atoms with Gasteiger partial charge in [-0.3, -0.25) is 9.78 Å². The van der Waals surface area contributed by atoms with Gasteiger partial charge in [-0.25, -0.2) is 13.9 Å². The fraction of sp³-hybridized carbons (Fsp3) is 0.200. The Bertz CT molecular complexity index is 1490. The summed E-state index contributed by atoms with van der Waals surface area (Å²) in [6.07, 6.45) is 2.31. The zero-order valence-electron chi connectivity index (χ0n) is 17.8. The molecule has 0 radical (unpaired) electrons. The third-order valence-corrected chi connectivity index (χ3v) is 5.79. The lowest BCUT2D eigenvalue weighted by Crippen LogP contribution is -2.10. The maximum Gasteiger partial charge on any atom is 0.306 e. The molecule has 5 rings (SSSR count). The second-order valence-corrected chi connectivity index (χ2v) is 7.78. The van der Waals surface area contributed by atoms with Crippen LogP contribution in [0.2, 0.25) is 0 Å².